The van der Waals surface area contributed by atoms with Crippen LogP contribution in [-0.4, -0.2) is 17.9 Å². The van der Waals surface area contributed by atoms with Gasteiger partial charge in [-0.15, -0.1) is 11.8 Å². The molecule has 0 radical (unpaired) electrons. The Morgan fingerprint density at radius 1 is 1.24 bits per heavy atom. The normalized spacial score (nSPS) is 10.8. The molecule has 0 saturated carbocycles. The van der Waals surface area contributed by atoms with Crippen LogP contribution in [0.15, 0.2) is 63.0 Å². The number of hydrogen-bond acceptors (Lipinski definition) is 3. The predicted molar refractivity (Wildman–Crippen MR) is 91.8 cm³/mol. The molecule has 2 aromatic rings. The SMILES string of the molecule is Cc1ccc(SCC(=O)N/N=C\c2ccccc2Br)cc1. The van der Waals surface area contributed by atoms with Crippen LogP contribution >= 0.6 is 27.7 Å². The minimum absolute atomic E-state index is 0.121. The smallest absolute Gasteiger partial charge is 0.250 e. The molecule has 0 fully saturated rings. The zero-order valence-corrected chi connectivity index (χ0v) is 13.9. The van der Waals surface area contributed by atoms with E-state index in [-0.39, 0.29) is 5.91 Å². The molecule has 0 aliphatic carbocycles. The minimum Gasteiger partial charge on any atom is -0.272 e. The molecule has 0 heterocycles. The molecule has 0 aliphatic heterocycles. The number of nitrogens with one attached hydrogen (secondary N) is 1. The van der Waals surface area contributed by atoms with E-state index >= 15 is 0 Å². The van der Waals surface area contributed by atoms with Gasteiger partial charge in [-0.05, 0) is 25.1 Å². The largest absolute Gasteiger partial charge is 0.272 e. The Morgan fingerprint density at radius 3 is 2.67 bits per heavy atom. The molecule has 0 aliphatic rings. The molecule has 1 N–H and O–H groups in total. The summed E-state index contributed by atoms with van der Waals surface area (Å²) in [6.07, 6.45) is 1.62. The Labute approximate surface area is 137 Å². The van der Waals surface area contributed by atoms with Gasteiger partial charge >= 0.3 is 0 Å². The summed E-state index contributed by atoms with van der Waals surface area (Å²) in [6, 6.07) is 15.8. The van der Waals surface area contributed by atoms with E-state index in [1.165, 1.54) is 17.3 Å². The third-order valence-corrected chi connectivity index (χ3v) is 4.42. The first-order chi connectivity index (χ1) is 10.1. The van der Waals surface area contributed by atoms with E-state index in [2.05, 4.69) is 26.5 Å². The third-order valence-electron chi connectivity index (χ3n) is 2.69. The van der Waals surface area contributed by atoms with Gasteiger partial charge in [-0.1, -0.05) is 51.8 Å². The number of thioether (sulfide) groups is 1. The third kappa shape index (κ3) is 5.36. The number of hydrazone groups is 1. The summed E-state index contributed by atoms with van der Waals surface area (Å²) >= 11 is 4.91. The molecule has 3 nitrogen and oxygen atoms in total. The second kappa shape index (κ2) is 8.00. The summed E-state index contributed by atoms with van der Waals surface area (Å²) in [5.74, 6) is 0.222. The van der Waals surface area contributed by atoms with Crippen LogP contribution in [0.4, 0.5) is 0 Å². The van der Waals surface area contributed by atoms with Gasteiger partial charge in [0.2, 0.25) is 5.91 Å². The zero-order valence-electron chi connectivity index (χ0n) is 11.5. The van der Waals surface area contributed by atoms with Gasteiger partial charge in [-0.25, -0.2) is 5.43 Å². The van der Waals surface area contributed by atoms with Crippen LogP contribution in [0.5, 0.6) is 0 Å². The molecular weight excluding hydrogens is 348 g/mol. The predicted octanol–water partition coefficient (Wildman–Crippen LogP) is 4.00. The van der Waals surface area contributed by atoms with E-state index in [9.17, 15) is 4.79 Å². The molecule has 0 bridgehead atoms. The van der Waals surface area contributed by atoms with Crippen molar-refractivity contribution in [1.29, 1.82) is 0 Å². The average molecular weight is 363 g/mol. The second-order valence-electron chi connectivity index (χ2n) is 4.42. The summed E-state index contributed by atoms with van der Waals surface area (Å²) in [4.78, 5) is 12.8. The fourth-order valence-corrected chi connectivity index (χ4v) is 2.65. The van der Waals surface area contributed by atoms with Crippen LogP contribution in [0, 0.1) is 6.92 Å². The van der Waals surface area contributed by atoms with Crippen molar-refractivity contribution in [3.05, 3.63) is 64.1 Å². The van der Waals surface area contributed by atoms with Crippen molar-refractivity contribution in [2.24, 2.45) is 5.10 Å². The second-order valence-corrected chi connectivity index (χ2v) is 6.32. The molecule has 0 saturated heterocycles. The average Bonchev–Trinajstić information content (AvgIpc) is 2.49. The lowest BCUT2D eigenvalue weighted by molar-refractivity contribution is -0.118. The number of carbonyl (C=O) groups is 1. The number of carbonyl (C=O) groups excluding carboxylic acids is 1. The maximum Gasteiger partial charge on any atom is 0.250 e. The van der Waals surface area contributed by atoms with Gasteiger partial charge in [0.25, 0.3) is 0 Å². The molecule has 108 valence electrons. The van der Waals surface area contributed by atoms with Crippen molar-refractivity contribution < 1.29 is 4.79 Å². The topological polar surface area (TPSA) is 41.5 Å². The lowest BCUT2D eigenvalue weighted by atomic mass is 10.2. The highest BCUT2D eigenvalue weighted by molar-refractivity contribution is 9.10. The number of hydrogen-bond donors (Lipinski definition) is 1. The molecule has 21 heavy (non-hydrogen) atoms. The lowest BCUT2D eigenvalue weighted by Gasteiger charge is -2.01. The standard InChI is InChI=1S/C16H15BrN2OS/c1-12-6-8-14(9-7-12)21-11-16(20)19-18-10-13-4-2-3-5-15(13)17/h2-10H,11H2,1H3,(H,19,20)/b18-10-. The summed E-state index contributed by atoms with van der Waals surface area (Å²) in [7, 11) is 0. The Balaban J connectivity index is 1.80. The maximum absolute atomic E-state index is 11.7. The summed E-state index contributed by atoms with van der Waals surface area (Å²) in [5, 5.41) is 3.96. The quantitative estimate of drug-likeness (QED) is 0.496. The molecule has 0 atom stereocenters. The summed E-state index contributed by atoms with van der Waals surface area (Å²) in [5.41, 5.74) is 4.66. The van der Waals surface area contributed by atoms with Gasteiger partial charge in [0, 0.05) is 14.9 Å². The van der Waals surface area contributed by atoms with Crippen LogP contribution in [0.1, 0.15) is 11.1 Å². The van der Waals surface area contributed by atoms with E-state index in [4.69, 9.17) is 0 Å². The first-order valence-electron chi connectivity index (χ1n) is 6.41. The van der Waals surface area contributed by atoms with Crippen molar-refractivity contribution in [3.8, 4) is 0 Å². The molecule has 0 spiro atoms. The Bertz CT molecular complexity index is 641. The van der Waals surface area contributed by atoms with Gasteiger partial charge < -0.3 is 0 Å². The van der Waals surface area contributed by atoms with Crippen molar-refractivity contribution >= 4 is 39.8 Å². The number of aryl methyl sites for hydroxylation is 1. The molecule has 0 unspecified atom stereocenters. The van der Waals surface area contributed by atoms with Crippen molar-refractivity contribution in [2.45, 2.75) is 11.8 Å². The Hall–Kier alpha value is -1.59. The summed E-state index contributed by atoms with van der Waals surface area (Å²) in [6.45, 7) is 2.04. The van der Waals surface area contributed by atoms with Gasteiger partial charge in [0.05, 0.1) is 12.0 Å². The van der Waals surface area contributed by atoms with Gasteiger partial charge in [0.1, 0.15) is 0 Å². The van der Waals surface area contributed by atoms with Crippen LogP contribution < -0.4 is 5.43 Å². The zero-order chi connectivity index (χ0) is 15.1. The van der Waals surface area contributed by atoms with Gasteiger partial charge in [-0.2, -0.15) is 5.10 Å². The maximum atomic E-state index is 11.7. The lowest BCUT2D eigenvalue weighted by Crippen LogP contribution is -2.19. The first-order valence-corrected chi connectivity index (χ1v) is 8.19. The van der Waals surface area contributed by atoms with Crippen LogP contribution in [0.3, 0.4) is 0 Å². The van der Waals surface area contributed by atoms with E-state index in [0.29, 0.717) is 5.75 Å². The van der Waals surface area contributed by atoms with Gasteiger partial charge in [0.15, 0.2) is 0 Å². The highest BCUT2D eigenvalue weighted by Crippen LogP contribution is 2.17. The molecule has 0 aromatic heterocycles. The van der Waals surface area contributed by atoms with Crippen LogP contribution in [-0.2, 0) is 4.79 Å². The van der Waals surface area contributed by atoms with Crippen molar-refractivity contribution in [1.82, 2.24) is 5.43 Å². The number of rotatable bonds is 5. The number of amides is 1. The number of halogens is 1. The summed E-state index contributed by atoms with van der Waals surface area (Å²) < 4.78 is 0.942. The minimum atomic E-state index is -0.121. The number of benzene rings is 2. The van der Waals surface area contributed by atoms with E-state index in [1.54, 1.807) is 6.21 Å². The monoisotopic (exact) mass is 362 g/mol. The Kier molecular flexibility index (Phi) is 6.02. The molecular formula is C16H15BrN2OS. The number of nitrogens with zero attached hydrogens (tertiary/aromatic N) is 1. The van der Waals surface area contributed by atoms with Crippen LogP contribution in [0.2, 0.25) is 0 Å². The fourth-order valence-electron chi connectivity index (χ4n) is 1.57. The highest BCUT2D eigenvalue weighted by atomic mass is 79.9. The first kappa shape index (κ1) is 15.8. The van der Waals surface area contributed by atoms with E-state index < -0.39 is 0 Å². The molecule has 2 rings (SSSR count). The fraction of sp³-hybridized carbons (Fsp3) is 0.125. The van der Waals surface area contributed by atoms with E-state index in [0.717, 1.165) is 14.9 Å². The molecule has 1 amide bonds. The molecule has 2 aromatic carbocycles. The highest BCUT2D eigenvalue weighted by Gasteiger charge is 2.01. The van der Waals surface area contributed by atoms with E-state index in [1.807, 2.05) is 55.5 Å². The molecule has 5 heteroatoms. The van der Waals surface area contributed by atoms with Gasteiger partial charge in [-0.3, -0.25) is 4.79 Å². The Morgan fingerprint density at radius 2 is 1.95 bits per heavy atom. The van der Waals surface area contributed by atoms with Crippen molar-refractivity contribution in [3.63, 3.8) is 0 Å². The van der Waals surface area contributed by atoms with Crippen LogP contribution in [0.25, 0.3) is 0 Å². The van der Waals surface area contributed by atoms with Crippen molar-refractivity contribution in [2.75, 3.05) is 5.75 Å².